The third kappa shape index (κ3) is 1.71. The van der Waals surface area contributed by atoms with Gasteiger partial charge in [0.1, 0.15) is 6.29 Å². The molecule has 0 aromatic rings. The smallest absolute Gasteiger partial charge is 0.124 e. The number of thiol groups is 1. The van der Waals surface area contributed by atoms with E-state index in [1.165, 1.54) is 12.8 Å². The summed E-state index contributed by atoms with van der Waals surface area (Å²) in [5, 5.41) is 0.344. The van der Waals surface area contributed by atoms with Crippen LogP contribution in [0.25, 0.3) is 0 Å². The number of carbonyl (C=O) groups is 1. The molecule has 0 aliphatic heterocycles. The molecule has 52 valence electrons. The van der Waals surface area contributed by atoms with Crippen LogP contribution in [-0.2, 0) is 4.79 Å². The van der Waals surface area contributed by atoms with Crippen LogP contribution in [0.5, 0.6) is 0 Å². The van der Waals surface area contributed by atoms with Crippen molar-refractivity contribution in [3.63, 3.8) is 0 Å². The van der Waals surface area contributed by atoms with Gasteiger partial charge in [0.25, 0.3) is 0 Å². The lowest BCUT2D eigenvalue weighted by atomic mass is 9.90. The molecule has 0 amide bonds. The van der Waals surface area contributed by atoms with E-state index in [2.05, 4.69) is 12.6 Å². The second-order valence-corrected chi connectivity index (χ2v) is 3.32. The molecule has 1 nitrogen and oxygen atoms in total. The van der Waals surface area contributed by atoms with Crippen molar-refractivity contribution in [1.82, 2.24) is 0 Å². The molecule has 2 atom stereocenters. The van der Waals surface area contributed by atoms with Crippen molar-refractivity contribution in [2.75, 3.05) is 0 Å². The summed E-state index contributed by atoms with van der Waals surface area (Å²) >= 11 is 4.31. The van der Waals surface area contributed by atoms with E-state index in [4.69, 9.17) is 0 Å². The third-order valence-electron chi connectivity index (χ3n) is 1.96. The van der Waals surface area contributed by atoms with Crippen molar-refractivity contribution < 1.29 is 4.79 Å². The molecular formula is C7H12OS. The van der Waals surface area contributed by atoms with Crippen molar-refractivity contribution >= 4 is 18.9 Å². The Labute approximate surface area is 61.2 Å². The first-order valence-electron chi connectivity index (χ1n) is 3.48. The van der Waals surface area contributed by atoms with E-state index in [9.17, 15) is 4.79 Å². The Balaban J connectivity index is 2.38. The van der Waals surface area contributed by atoms with Crippen LogP contribution in [0.3, 0.4) is 0 Å². The van der Waals surface area contributed by atoms with Crippen LogP contribution in [-0.4, -0.2) is 11.5 Å². The Hall–Kier alpha value is 0.0200. The van der Waals surface area contributed by atoms with Crippen LogP contribution in [0.2, 0.25) is 0 Å². The average Bonchev–Trinajstić information content (AvgIpc) is 1.89. The Morgan fingerprint density at radius 3 is 2.44 bits per heavy atom. The lowest BCUT2D eigenvalue weighted by Gasteiger charge is -2.22. The Bertz CT molecular complexity index is 103. The zero-order chi connectivity index (χ0) is 6.69. The molecule has 0 radical (unpaired) electrons. The molecule has 1 saturated carbocycles. The first kappa shape index (κ1) is 7.13. The minimum Gasteiger partial charge on any atom is -0.303 e. The predicted octanol–water partition coefficient (Wildman–Crippen LogP) is 1.67. The van der Waals surface area contributed by atoms with Crippen molar-refractivity contribution in [1.29, 1.82) is 0 Å². The van der Waals surface area contributed by atoms with Crippen LogP contribution >= 0.6 is 12.6 Å². The molecule has 0 saturated heterocycles. The van der Waals surface area contributed by atoms with Gasteiger partial charge in [-0.05, 0) is 12.8 Å². The number of rotatable bonds is 1. The fourth-order valence-corrected chi connectivity index (χ4v) is 1.70. The second kappa shape index (κ2) is 3.25. The molecule has 1 fully saturated rings. The molecule has 2 heteroatoms. The summed E-state index contributed by atoms with van der Waals surface area (Å²) in [4.78, 5) is 10.3. The highest BCUT2D eigenvalue weighted by Gasteiger charge is 2.20. The second-order valence-electron chi connectivity index (χ2n) is 2.65. The van der Waals surface area contributed by atoms with E-state index >= 15 is 0 Å². The highest BCUT2D eigenvalue weighted by atomic mass is 32.1. The first-order valence-corrected chi connectivity index (χ1v) is 3.99. The molecular weight excluding hydrogens is 132 g/mol. The predicted molar refractivity (Wildman–Crippen MR) is 40.8 cm³/mol. The van der Waals surface area contributed by atoms with Crippen molar-refractivity contribution in [2.24, 2.45) is 5.92 Å². The van der Waals surface area contributed by atoms with Gasteiger partial charge in [0.05, 0.1) is 0 Å². The topological polar surface area (TPSA) is 17.1 Å². The van der Waals surface area contributed by atoms with Gasteiger partial charge in [-0.15, -0.1) is 0 Å². The third-order valence-corrected chi connectivity index (χ3v) is 2.60. The minimum absolute atomic E-state index is 0.238. The van der Waals surface area contributed by atoms with E-state index in [1.54, 1.807) is 0 Å². The van der Waals surface area contributed by atoms with Gasteiger partial charge in [-0.25, -0.2) is 0 Å². The zero-order valence-electron chi connectivity index (χ0n) is 5.42. The van der Waals surface area contributed by atoms with Crippen LogP contribution < -0.4 is 0 Å². The Morgan fingerprint density at radius 1 is 1.33 bits per heavy atom. The zero-order valence-corrected chi connectivity index (χ0v) is 6.31. The normalized spacial score (nSPS) is 36.1. The summed E-state index contributed by atoms with van der Waals surface area (Å²) in [5.41, 5.74) is 0. The fourth-order valence-electron chi connectivity index (χ4n) is 1.30. The van der Waals surface area contributed by atoms with E-state index in [1.807, 2.05) is 0 Å². The standard InChI is InChI=1S/C7H12OS/c8-5-6-3-1-2-4-7(6)9/h5-7,9H,1-4H2. The summed E-state index contributed by atoms with van der Waals surface area (Å²) in [6, 6.07) is 0. The number of aldehydes is 1. The minimum atomic E-state index is 0.238. The molecule has 0 aromatic carbocycles. The van der Waals surface area contributed by atoms with Gasteiger partial charge in [0.2, 0.25) is 0 Å². The van der Waals surface area contributed by atoms with Crippen molar-refractivity contribution in [3.8, 4) is 0 Å². The molecule has 0 N–H and O–H groups in total. The summed E-state index contributed by atoms with van der Waals surface area (Å²) in [7, 11) is 0. The van der Waals surface area contributed by atoms with E-state index in [-0.39, 0.29) is 5.92 Å². The quantitative estimate of drug-likeness (QED) is 0.437. The Morgan fingerprint density at radius 2 is 2.00 bits per heavy atom. The lowest BCUT2D eigenvalue weighted by molar-refractivity contribution is -0.111. The molecule has 0 aromatic heterocycles. The first-order chi connectivity index (χ1) is 4.34. The molecule has 1 aliphatic carbocycles. The van der Waals surface area contributed by atoms with Crippen LogP contribution in [0.15, 0.2) is 0 Å². The highest BCUT2D eigenvalue weighted by Crippen LogP contribution is 2.26. The molecule has 1 aliphatic rings. The van der Waals surface area contributed by atoms with Gasteiger partial charge < -0.3 is 4.79 Å². The molecule has 1 rings (SSSR count). The van der Waals surface area contributed by atoms with Gasteiger partial charge in [-0.1, -0.05) is 12.8 Å². The van der Waals surface area contributed by atoms with Gasteiger partial charge >= 0.3 is 0 Å². The van der Waals surface area contributed by atoms with Crippen LogP contribution in [0, 0.1) is 5.92 Å². The largest absolute Gasteiger partial charge is 0.303 e. The molecule has 0 bridgehead atoms. The van der Waals surface area contributed by atoms with Gasteiger partial charge in [-0.2, -0.15) is 12.6 Å². The lowest BCUT2D eigenvalue weighted by Crippen LogP contribution is -2.20. The van der Waals surface area contributed by atoms with E-state index < -0.39 is 0 Å². The van der Waals surface area contributed by atoms with Crippen LogP contribution in [0.4, 0.5) is 0 Å². The monoisotopic (exact) mass is 144 g/mol. The molecule has 0 heterocycles. The summed E-state index contributed by atoms with van der Waals surface area (Å²) in [6.07, 6.45) is 5.68. The number of carbonyl (C=O) groups excluding carboxylic acids is 1. The molecule has 0 spiro atoms. The number of hydrogen-bond donors (Lipinski definition) is 1. The maximum Gasteiger partial charge on any atom is 0.124 e. The maximum atomic E-state index is 10.3. The van der Waals surface area contributed by atoms with E-state index in [0.717, 1.165) is 19.1 Å². The summed E-state index contributed by atoms with van der Waals surface area (Å²) in [5.74, 6) is 0.238. The fraction of sp³-hybridized carbons (Fsp3) is 0.857. The highest BCUT2D eigenvalue weighted by molar-refractivity contribution is 7.81. The SMILES string of the molecule is O=CC1CCCCC1S. The van der Waals surface area contributed by atoms with Crippen molar-refractivity contribution in [2.45, 2.75) is 30.9 Å². The van der Waals surface area contributed by atoms with Gasteiger partial charge in [0, 0.05) is 11.2 Å². The van der Waals surface area contributed by atoms with Crippen LogP contribution in [0.1, 0.15) is 25.7 Å². The average molecular weight is 144 g/mol. The summed E-state index contributed by atoms with van der Waals surface area (Å²) < 4.78 is 0. The molecule has 2 unspecified atom stereocenters. The molecule has 9 heavy (non-hydrogen) atoms. The van der Waals surface area contributed by atoms with E-state index in [0.29, 0.717) is 5.25 Å². The number of hydrogen-bond acceptors (Lipinski definition) is 2. The van der Waals surface area contributed by atoms with Crippen molar-refractivity contribution in [3.05, 3.63) is 0 Å². The summed E-state index contributed by atoms with van der Waals surface area (Å²) in [6.45, 7) is 0. The maximum absolute atomic E-state index is 10.3. The van der Waals surface area contributed by atoms with Gasteiger partial charge in [0.15, 0.2) is 0 Å². The Kier molecular flexibility index (Phi) is 2.58. The van der Waals surface area contributed by atoms with Gasteiger partial charge in [-0.3, -0.25) is 0 Å².